The average molecular weight is 134 g/mol. The van der Waals surface area contributed by atoms with E-state index in [1.165, 1.54) is 0 Å². The second-order valence-corrected chi connectivity index (χ2v) is 2.04. The third kappa shape index (κ3) is 0.655. The van der Waals surface area contributed by atoms with Crippen LogP contribution in [0.15, 0.2) is 18.6 Å². The lowest BCUT2D eigenvalue weighted by Crippen LogP contribution is -1.86. The van der Waals surface area contributed by atoms with E-state index in [-0.39, 0.29) is 0 Å². The van der Waals surface area contributed by atoms with E-state index in [9.17, 15) is 0 Å². The molecule has 0 aliphatic carbocycles. The third-order valence-corrected chi connectivity index (χ3v) is 1.25. The van der Waals surface area contributed by atoms with Gasteiger partial charge in [0.25, 0.3) is 0 Å². The van der Waals surface area contributed by atoms with E-state index in [1.54, 1.807) is 17.0 Å². The van der Waals surface area contributed by atoms with Crippen LogP contribution in [0.3, 0.4) is 0 Å². The van der Waals surface area contributed by atoms with Gasteiger partial charge in [-0.1, -0.05) is 0 Å². The van der Waals surface area contributed by atoms with Crippen LogP contribution in [0.2, 0.25) is 0 Å². The summed E-state index contributed by atoms with van der Waals surface area (Å²) in [6.45, 7) is 1.85. The maximum absolute atomic E-state index is 4.12. The molecule has 2 rings (SSSR count). The second kappa shape index (κ2) is 1.76. The number of rotatable bonds is 0. The molecule has 0 aliphatic rings. The molecule has 2 aromatic rings. The Bertz CT molecular complexity index is 318. The Balaban J connectivity index is 2.88. The SMILES string of the molecule is Cc1nc2ccncn2n1. The summed E-state index contributed by atoms with van der Waals surface area (Å²) in [7, 11) is 0. The van der Waals surface area contributed by atoms with Gasteiger partial charge in [0, 0.05) is 12.3 Å². The molecule has 0 spiro atoms. The molecule has 0 saturated heterocycles. The zero-order valence-corrected chi connectivity index (χ0v) is 5.52. The van der Waals surface area contributed by atoms with Gasteiger partial charge in [0.05, 0.1) is 0 Å². The normalized spacial score (nSPS) is 10.5. The fourth-order valence-corrected chi connectivity index (χ4v) is 0.856. The lowest BCUT2D eigenvalue weighted by Gasteiger charge is -1.83. The minimum Gasteiger partial charge on any atom is -0.245 e. The highest BCUT2D eigenvalue weighted by Crippen LogP contribution is 1.95. The molecule has 4 heteroatoms. The van der Waals surface area contributed by atoms with Crippen molar-refractivity contribution in [3.05, 3.63) is 24.4 Å². The molecule has 0 atom stereocenters. The van der Waals surface area contributed by atoms with Crippen molar-refractivity contribution in [1.29, 1.82) is 0 Å². The van der Waals surface area contributed by atoms with Crippen molar-refractivity contribution in [2.24, 2.45) is 0 Å². The Labute approximate surface area is 57.5 Å². The number of hydrogen-bond acceptors (Lipinski definition) is 3. The molecule has 10 heavy (non-hydrogen) atoms. The van der Waals surface area contributed by atoms with Gasteiger partial charge in [-0.3, -0.25) is 0 Å². The maximum Gasteiger partial charge on any atom is 0.158 e. The van der Waals surface area contributed by atoms with Crippen molar-refractivity contribution in [3.63, 3.8) is 0 Å². The van der Waals surface area contributed by atoms with Crippen LogP contribution >= 0.6 is 0 Å². The van der Waals surface area contributed by atoms with Gasteiger partial charge in [-0.15, -0.1) is 0 Å². The molecule has 2 aromatic heterocycles. The highest BCUT2D eigenvalue weighted by molar-refractivity contribution is 5.34. The van der Waals surface area contributed by atoms with Gasteiger partial charge in [-0.05, 0) is 6.92 Å². The largest absolute Gasteiger partial charge is 0.245 e. The first kappa shape index (κ1) is 5.34. The minimum absolute atomic E-state index is 0.771. The zero-order valence-electron chi connectivity index (χ0n) is 5.52. The molecule has 0 bridgehead atoms. The molecule has 4 nitrogen and oxygen atoms in total. The Hall–Kier alpha value is -1.45. The predicted octanol–water partition coefficient (Wildman–Crippen LogP) is 0.433. The summed E-state index contributed by atoms with van der Waals surface area (Å²) in [5.74, 6) is 0.771. The molecule has 2 heterocycles. The lowest BCUT2D eigenvalue weighted by atomic mass is 10.6. The van der Waals surface area contributed by atoms with Crippen LogP contribution in [0.25, 0.3) is 5.65 Å². The monoisotopic (exact) mass is 134 g/mol. The van der Waals surface area contributed by atoms with Crippen LogP contribution in [0, 0.1) is 6.92 Å². The van der Waals surface area contributed by atoms with E-state index in [0.29, 0.717) is 0 Å². The van der Waals surface area contributed by atoms with Crippen LogP contribution < -0.4 is 0 Å². The van der Waals surface area contributed by atoms with Crippen LogP contribution in [-0.2, 0) is 0 Å². The summed E-state index contributed by atoms with van der Waals surface area (Å²) in [5, 5.41) is 4.06. The van der Waals surface area contributed by atoms with Crippen LogP contribution in [0.5, 0.6) is 0 Å². The van der Waals surface area contributed by atoms with E-state index in [2.05, 4.69) is 15.1 Å². The predicted molar refractivity (Wildman–Crippen MR) is 35.5 cm³/mol. The van der Waals surface area contributed by atoms with Gasteiger partial charge < -0.3 is 0 Å². The van der Waals surface area contributed by atoms with E-state index in [0.717, 1.165) is 11.5 Å². The van der Waals surface area contributed by atoms with Crippen LogP contribution in [0.1, 0.15) is 5.82 Å². The molecule has 0 unspecified atom stereocenters. The number of nitrogens with zero attached hydrogens (tertiary/aromatic N) is 4. The van der Waals surface area contributed by atoms with Gasteiger partial charge >= 0.3 is 0 Å². The first-order valence-electron chi connectivity index (χ1n) is 2.99. The number of aromatic nitrogens is 4. The molecule has 0 N–H and O–H groups in total. The van der Waals surface area contributed by atoms with Gasteiger partial charge in [-0.2, -0.15) is 5.10 Å². The average Bonchev–Trinajstić information content (AvgIpc) is 2.27. The molecule has 0 aromatic carbocycles. The zero-order chi connectivity index (χ0) is 6.97. The molecule has 0 fully saturated rings. The van der Waals surface area contributed by atoms with Gasteiger partial charge in [0.2, 0.25) is 0 Å². The number of fused-ring (bicyclic) bond motifs is 1. The summed E-state index contributed by atoms with van der Waals surface area (Å²) >= 11 is 0. The number of aryl methyl sites for hydroxylation is 1. The Morgan fingerprint density at radius 2 is 2.40 bits per heavy atom. The highest BCUT2D eigenvalue weighted by Gasteiger charge is 1.94. The van der Waals surface area contributed by atoms with E-state index in [1.807, 2.05) is 13.0 Å². The van der Waals surface area contributed by atoms with Crippen molar-refractivity contribution >= 4 is 5.65 Å². The fourth-order valence-electron chi connectivity index (χ4n) is 0.856. The summed E-state index contributed by atoms with van der Waals surface area (Å²) in [6.07, 6.45) is 3.33. The van der Waals surface area contributed by atoms with Crippen molar-refractivity contribution in [2.45, 2.75) is 6.92 Å². The van der Waals surface area contributed by atoms with Crippen LogP contribution in [-0.4, -0.2) is 19.6 Å². The molecule has 0 amide bonds. The number of hydrogen-bond donors (Lipinski definition) is 0. The molecule has 0 saturated carbocycles. The van der Waals surface area contributed by atoms with E-state index in [4.69, 9.17) is 0 Å². The first-order chi connectivity index (χ1) is 4.86. The highest BCUT2D eigenvalue weighted by atomic mass is 15.3. The summed E-state index contributed by atoms with van der Waals surface area (Å²) < 4.78 is 1.65. The smallest absolute Gasteiger partial charge is 0.158 e. The Morgan fingerprint density at radius 3 is 3.20 bits per heavy atom. The molecule has 0 aliphatic heterocycles. The van der Waals surface area contributed by atoms with Crippen LogP contribution in [0.4, 0.5) is 0 Å². The summed E-state index contributed by atoms with van der Waals surface area (Å²) in [5.41, 5.74) is 0.840. The quantitative estimate of drug-likeness (QED) is 0.524. The molecule has 50 valence electrons. The molecular weight excluding hydrogens is 128 g/mol. The van der Waals surface area contributed by atoms with Gasteiger partial charge in [0.15, 0.2) is 5.65 Å². The standard InChI is InChI=1S/C6H6N4/c1-5-8-6-2-3-7-4-10(6)9-5/h2-4H,1H3. The maximum atomic E-state index is 4.12. The van der Waals surface area contributed by atoms with Crippen molar-refractivity contribution in [1.82, 2.24) is 19.6 Å². The van der Waals surface area contributed by atoms with Gasteiger partial charge in [-0.25, -0.2) is 14.5 Å². The van der Waals surface area contributed by atoms with Crippen molar-refractivity contribution in [3.8, 4) is 0 Å². The third-order valence-electron chi connectivity index (χ3n) is 1.25. The van der Waals surface area contributed by atoms with Crippen molar-refractivity contribution < 1.29 is 0 Å². The Kier molecular flexibility index (Phi) is 0.943. The molecular formula is C6H6N4. The topological polar surface area (TPSA) is 43.1 Å². The van der Waals surface area contributed by atoms with E-state index < -0.39 is 0 Å². The minimum atomic E-state index is 0.771. The summed E-state index contributed by atoms with van der Waals surface area (Å²) in [4.78, 5) is 8.01. The summed E-state index contributed by atoms with van der Waals surface area (Å²) in [6, 6.07) is 1.82. The molecule has 0 radical (unpaired) electrons. The van der Waals surface area contributed by atoms with Gasteiger partial charge in [0.1, 0.15) is 12.2 Å². The van der Waals surface area contributed by atoms with Crippen molar-refractivity contribution in [2.75, 3.05) is 0 Å². The second-order valence-electron chi connectivity index (χ2n) is 2.04. The lowest BCUT2D eigenvalue weighted by molar-refractivity contribution is 0.899. The van der Waals surface area contributed by atoms with E-state index >= 15 is 0 Å². The fraction of sp³-hybridized carbons (Fsp3) is 0.167. The Morgan fingerprint density at radius 1 is 1.50 bits per heavy atom. The first-order valence-corrected chi connectivity index (χ1v) is 2.99.